The summed E-state index contributed by atoms with van der Waals surface area (Å²) in [7, 11) is 0. The number of nitrogens with zero attached hydrogens (tertiary/aromatic N) is 4. The summed E-state index contributed by atoms with van der Waals surface area (Å²) >= 11 is 0. The summed E-state index contributed by atoms with van der Waals surface area (Å²) in [6.45, 7) is 1.95. The fraction of sp³-hybridized carbons (Fsp3) is 0.333. The molecule has 1 unspecified atom stereocenters. The van der Waals surface area contributed by atoms with E-state index in [0.29, 0.717) is 11.3 Å². The molecule has 1 heterocycles. The number of aromatic nitrogens is 4. The van der Waals surface area contributed by atoms with Crippen LogP contribution in [0, 0.1) is 0 Å². The normalized spacial score (nSPS) is 13.8. The lowest BCUT2D eigenvalue weighted by molar-refractivity contribution is -0.00595. The van der Waals surface area contributed by atoms with Crippen LogP contribution in [0.15, 0.2) is 30.6 Å². The Hall–Kier alpha value is -2.28. The van der Waals surface area contributed by atoms with Crippen molar-refractivity contribution in [3.05, 3.63) is 36.2 Å². The highest BCUT2D eigenvalue weighted by Gasteiger charge is 2.23. The van der Waals surface area contributed by atoms with E-state index in [2.05, 4.69) is 15.5 Å². The van der Waals surface area contributed by atoms with Crippen molar-refractivity contribution in [3.8, 4) is 5.75 Å². The van der Waals surface area contributed by atoms with E-state index in [-0.39, 0.29) is 13.2 Å². The van der Waals surface area contributed by atoms with E-state index in [0.717, 1.165) is 6.29 Å². The lowest BCUT2D eigenvalue weighted by Crippen LogP contribution is -2.37. The molecule has 0 fully saturated rings. The Morgan fingerprint density at radius 3 is 2.74 bits per heavy atom. The second kappa shape index (κ2) is 5.57. The van der Waals surface area contributed by atoms with Crippen molar-refractivity contribution in [2.45, 2.75) is 19.1 Å². The van der Waals surface area contributed by atoms with E-state index in [4.69, 9.17) is 4.74 Å². The highest BCUT2D eigenvalue weighted by molar-refractivity contribution is 5.74. The van der Waals surface area contributed by atoms with Gasteiger partial charge < -0.3 is 9.84 Å². The van der Waals surface area contributed by atoms with Crippen LogP contribution in [-0.4, -0.2) is 43.8 Å². The molecule has 1 aromatic heterocycles. The van der Waals surface area contributed by atoms with E-state index in [1.807, 2.05) is 0 Å². The molecule has 0 bridgehead atoms. The minimum atomic E-state index is -1.10. The van der Waals surface area contributed by atoms with Gasteiger partial charge in [0.1, 0.15) is 30.6 Å². The lowest BCUT2D eigenvalue weighted by Gasteiger charge is -2.22. The molecule has 1 atom stereocenters. The summed E-state index contributed by atoms with van der Waals surface area (Å²) in [5.41, 5.74) is -0.522. The molecule has 1 aromatic carbocycles. The van der Waals surface area contributed by atoms with Crippen molar-refractivity contribution in [2.24, 2.45) is 0 Å². The maximum atomic E-state index is 10.5. The van der Waals surface area contributed by atoms with Crippen LogP contribution < -0.4 is 4.74 Å². The van der Waals surface area contributed by atoms with Crippen molar-refractivity contribution >= 4 is 6.29 Å². The molecular formula is C12H14N4O3. The first-order valence-corrected chi connectivity index (χ1v) is 5.70. The van der Waals surface area contributed by atoms with Crippen molar-refractivity contribution in [2.75, 3.05) is 6.61 Å². The zero-order valence-corrected chi connectivity index (χ0v) is 10.4. The van der Waals surface area contributed by atoms with E-state index < -0.39 is 5.60 Å². The first-order chi connectivity index (χ1) is 9.09. The average Bonchev–Trinajstić information content (AvgIpc) is 2.89. The Kier molecular flexibility index (Phi) is 3.86. The number of hydrogen-bond acceptors (Lipinski definition) is 6. The van der Waals surface area contributed by atoms with Gasteiger partial charge >= 0.3 is 0 Å². The average molecular weight is 262 g/mol. The number of tetrazole rings is 1. The van der Waals surface area contributed by atoms with Gasteiger partial charge in [-0.2, -0.15) is 0 Å². The van der Waals surface area contributed by atoms with Gasteiger partial charge in [-0.3, -0.25) is 4.79 Å². The molecule has 0 saturated heterocycles. The summed E-state index contributed by atoms with van der Waals surface area (Å²) in [5.74, 6) is 0.586. The van der Waals surface area contributed by atoms with Crippen LogP contribution >= 0.6 is 0 Å². The molecule has 0 saturated carbocycles. The van der Waals surface area contributed by atoms with Crippen LogP contribution in [0.1, 0.15) is 17.3 Å². The van der Waals surface area contributed by atoms with Crippen LogP contribution in [0.4, 0.5) is 0 Å². The molecule has 7 heteroatoms. The maximum absolute atomic E-state index is 10.5. The highest BCUT2D eigenvalue weighted by atomic mass is 16.5. The number of benzene rings is 1. The number of hydrogen-bond donors (Lipinski definition) is 1. The smallest absolute Gasteiger partial charge is 0.150 e. The molecular weight excluding hydrogens is 248 g/mol. The minimum Gasteiger partial charge on any atom is -0.491 e. The van der Waals surface area contributed by atoms with Crippen LogP contribution in [0.3, 0.4) is 0 Å². The largest absolute Gasteiger partial charge is 0.491 e. The second-order valence-corrected chi connectivity index (χ2v) is 4.48. The van der Waals surface area contributed by atoms with Gasteiger partial charge in [0.2, 0.25) is 0 Å². The quantitative estimate of drug-likeness (QED) is 0.754. The van der Waals surface area contributed by atoms with Crippen molar-refractivity contribution in [1.82, 2.24) is 20.2 Å². The van der Waals surface area contributed by atoms with E-state index in [1.54, 1.807) is 31.2 Å². The first-order valence-electron chi connectivity index (χ1n) is 5.70. The van der Waals surface area contributed by atoms with Gasteiger partial charge in [0.05, 0.1) is 6.54 Å². The Bertz CT molecular complexity index is 522. The van der Waals surface area contributed by atoms with E-state index in [9.17, 15) is 9.90 Å². The third kappa shape index (κ3) is 3.85. The van der Waals surface area contributed by atoms with Crippen LogP contribution in [0.5, 0.6) is 5.75 Å². The molecule has 0 aliphatic heterocycles. The molecule has 1 N–H and O–H groups in total. The molecule has 0 aliphatic rings. The van der Waals surface area contributed by atoms with Crippen LogP contribution in [-0.2, 0) is 6.54 Å². The molecule has 2 rings (SSSR count). The van der Waals surface area contributed by atoms with Crippen molar-refractivity contribution in [3.63, 3.8) is 0 Å². The summed E-state index contributed by atoms with van der Waals surface area (Å²) < 4.78 is 6.90. The number of rotatable bonds is 6. The molecule has 0 spiro atoms. The fourth-order valence-corrected chi connectivity index (χ4v) is 1.53. The number of carbonyl (C=O) groups excluding carboxylic acids is 1. The monoisotopic (exact) mass is 262 g/mol. The van der Waals surface area contributed by atoms with E-state index >= 15 is 0 Å². The SMILES string of the molecule is CC(O)(COc1ccc(C=O)cc1)Cn1cnnn1. The first kappa shape index (κ1) is 13.2. The fourth-order valence-electron chi connectivity index (χ4n) is 1.53. The van der Waals surface area contributed by atoms with Gasteiger partial charge in [0, 0.05) is 5.56 Å². The molecule has 7 nitrogen and oxygen atoms in total. The minimum absolute atomic E-state index is 0.0906. The second-order valence-electron chi connectivity index (χ2n) is 4.48. The molecule has 2 aromatic rings. The zero-order valence-electron chi connectivity index (χ0n) is 10.4. The molecule has 19 heavy (non-hydrogen) atoms. The topological polar surface area (TPSA) is 90.1 Å². The Morgan fingerprint density at radius 2 is 2.16 bits per heavy atom. The van der Waals surface area contributed by atoms with Crippen molar-refractivity contribution < 1.29 is 14.6 Å². The summed E-state index contributed by atoms with van der Waals surface area (Å²) in [6, 6.07) is 6.66. The van der Waals surface area contributed by atoms with Gasteiger partial charge in [0.15, 0.2) is 0 Å². The Labute approximate surface area is 109 Å². The predicted octanol–water partition coefficient (Wildman–Crippen LogP) is 0.316. The summed E-state index contributed by atoms with van der Waals surface area (Å²) in [4.78, 5) is 10.5. The van der Waals surface area contributed by atoms with Crippen molar-refractivity contribution in [1.29, 1.82) is 0 Å². The highest BCUT2D eigenvalue weighted by Crippen LogP contribution is 2.14. The summed E-state index contributed by atoms with van der Waals surface area (Å²) in [5, 5.41) is 20.8. The van der Waals surface area contributed by atoms with E-state index in [1.165, 1.54) is 11.0 Å². The molecule has 0 amide bonds. The molecule has 0 aliphatic carbocycles. The zero-order chi connectivity index (χ0) is 13.7. The van der Waals surface area contributed by atoms with Gasteiger partial charge in [-0.1, -0.05) is 0 Å². The van der Waals surface area contributed by atoms with Gasteiger partial charge in [-0.05, 0) is 41.6 Å². The lowest BCUT2D eigenvalue weighted by atomic mass is 10.1. The number of aliphatic hydroxyl groups is 1. The number of carbonyl (C=O) groups is 1. The van der Waals surface area contributed by atoms with Crippen LogP contribution in [0.25, 0.3) is 0 Å². The molecule has 0 radical (unpaired) electrons. The molecule has 100 valence electrons. The third-order valence-electron chi connectivity index (χ3n) is 2.46. The van der Waals surface area contributed by atoms with Gasteiger partial charge in [-0.25, -0.2) is 4.68 Å². The Balaban J connectivity index is 1.91. The maximum Gasteiger partial charge on any atom is 0.150 e. The Morgan fingerprint density at radius 1 is 1.42 bits per heavy atom. The third-order valence-corrected chi connectivity index (χ3v) is 2.46. The summed E-state index contributed by atoms with van der Waals surface area (Å²) in [6.07, 6.45) is 2.19. The predicted molar refractivity (Wildman–Crippen MR) is 65.8 cm³/mol. The number of ether oxygens (including phenoxy) is 1. The number of aldehydes is 1. The van der Waals surface area contributed by atoms with Gasteiger partial charge in [0.25, 0.3) is 0 Å². The van der Waals surface area contributed by atoms with Crippen LogP contribution in [0.2, 0.25) is 0 Å². The van der Waals surface area contributed by atoms with Gasteiger partial charge in [-0.15, -0.1) is 5.10 Å². The standard InChI is InChI=1S/C12H14N4O3/c1-12(18,7-16-9-13-14-15-16)8-19-11-4-2-10(6-17)3-5-11/h2-6,9,18H,7-8H2,1H3.